The Bertz CT molecular complexity index is 962. The first-order valence-corrected chi connectivity index (χ1v) is 28.2. The molecule has 0 fully saturated rings. The Labute approximate surface area is 393 Å². The predicted octanol–water partition coefficient (Wildman–Crippen LogP) is 18.5. The fraction of sp³-hybridized carbons (Fsp3) is 0.947. The maximum absolute atomic E-state index is 12.8. The highest BCUT2D eigenvalue weighted by Crippen LogP contribution is 2.18. The topological polar surface area (TPSA) is 78.9 Å². The van der Waals surface area contributed by atoms with Crippen LogP contribution in [0.4, 0.5) is 0 Å². The van der Waals surface area contributed by atoms with Crippen molar-refractivity contribution in [2.75, 3.05) is 13.2 Å². The number of ether oxygens (including phenoxy) is 3. The monoisotopic (exact) mass is 891 g/mol. The maximum atomic E-state index is 12.8. The van der Waals surface area contributed by atoms with Crippen LogP contribution in [0.5, 0.6) is 0 Å². The van der Waals surface area contributed by atoms with Gasteiger partial charge in [0.15, 0.2) is 6.10 Å². The summed E-state index contributed by atoms with van der Waals surface area (Å²) in [4.78, 5) is 38.0. The molecule has 6 nitrogen and oxygen atoms in total. The Morgan fingerprint density at radius 3 is 0.778 bits per heavy atom. The zero-order chi connectivity index (χ0) is 46.1. The average molecular weight is 892 g/mol. The van der Waals surface area contributed by atoms with Crippen molar-refractivity contribution in [1.82, 2.24) is 0 Å². The third-order valence-electron chi connectivity index (χ3n) is 13.0. The molecule has 0 aliphatic heterocycles. The van der Waals surface area contributed by atoms with Gasteiger partial charge >= 0.3 is 17.9 Å². The molecule has 0 bridgehead atoms. The van der Waals surface area contributed by atoms with Gasteiger partial charge in [-0.15, -0.1) is 0 Å². The van der Waals surface area contributed by atoms with Gasteiger partial charge in [0.05, 0.1) is 0 Å². The molecule has 0 aromatic heterocycles. The molecule has 0 saturated carbocycles. The van der Waals surface area contributed by atoms with Crippen LogP contribution in [0.1, 0.15) is 317 Å². The van der Waals surface area contributed by atoms with Crippen molar-refractivity contribution in [3.05, 3.63) is 0 Å². The lowest BCUT2D eigenvalue weighted by atomic mass is 10.0. The van der Waals surface area contributed by atoms with E-state index in [1.165, 1.54) is 205 Å². The average Bonchev–Trinajstić information content (AvgIpc) is 3.25. The van der Waals surface area contributed by atoms with Crippen molar-refractivity contribution in [3.8, 4) is 0 Å². The first kappa shape index (κ1) is 61.4. The molecule has 0 aromatic rings. The standard InChI is InChI=1S/C57H110O6/c1-6-7-8-9-10-11-12-13-21-25-28-33-39-44-49-57(60)63-54(51-62-56(59)48-43-38-34-29-31-36-41-46-53(4)5)50-61-55(58)47-42-37-32-27-24-22-19-17-15-14-16-18-20-23-26-30-35-40-45-52(2)3/h52-54H,6-51H2,1-5H3/t54-/m1/s1. The van der Waals surface area contributed by atoms with E-state index in [0.29, 0.717) is 19.3 Å². The molecule has 1 atom stereocenters. The molecule has 0 saturated heterocycles. The zero-order valence-corrected chi connectivity index (χ0v) is 43.2. The number of carbonyl (C=O) groups is 3. The third-order valence-corrected chi connectivity index (χ3v) is 13.0. The van der Waals surface area contributed by atoms with Crippen molar-refractivity contribution in [2.24, 2.45) is 11.8 Å². The van der Waals surface area contributed by atoms with Crippen LogP contribution in [-0.2, 0) is 28.6 Å². The van der Waals surface area contributed by atoms with E-state index in [0.717, 1.165) is 69.6 Å². The van der Waals surface area contributed by atoms with E-state index < -0.39 is 6.10 Å². The highest BCUT2D eigenvalue weighted by Gasteiger charge is 2.19. The minimum Gasteiger partial charge on any atom is -0.462 e. The van der Waals surface area contributed by atoms with Crippen LogP contribution in [0.2, 0.25) is 0 Å². The van der Waals surface area contributed by atoms with Crippen LogP contribution in [-0.4, -0.2) is 37.2 Å². The summed E-state index contributed by atoms with van der Waals surface area (Å²) in [5.41, 5.74) is 0. The predicted molar refractivity (Wildman–Crippen MR) is 270 cm³/mol. The third kappa shape index (κ3) is 51.3. The molecule has 0 N–H and O–H groups in total. The highest BCUT2D eigenvalue weighted by molar-refractivity contribution is 5.71. The van der Waals surface area contributed by atoms with Gasteiger partial charge in [-0.3, -0.25) is 14.4 Å². The summed E-state index contributed by atoms with van der Waals surface area (Å²) >= 11 is 0. The van der Waals surface area contributed by atoms with E-state index >= 15 is 0 Å². The molecule has 0 aliphatic carbocycles. The second kappa shape index (κ2) is 49.8. The number of unbranched alkanes of at least 4 members (excludes halogenated alkanes) is 36. The zero-order valence-electron chi connectivity index (χ0n) is 43.2. The van der Waals surface area contributed by atoms with Crippen LogP contribution < -0.4 is 0 Å². The minimum atomic E-state index is -0.762. The Hall–Kier alpha value is -1.59. The first-order valence-electron chi connectivity index (χ1n) is 28.2. The van der Waals surface area contributed by atoms with Gasteiger partial charge in [0, 0.05) is 19.3 Å². The molecule has 0 unspecified atom stereocenters. The van der Waals surface area contributed by atoms with Gasteiger partial charge in [-0.2, -0.15) is 0 Å². The molecule has 0 radical (unpaired) electrons. The number of esters is 3. The van der Waals surface area contributed by atoms with E-state index in [2.05, 4.69) is 34.6 Å². The van der Waals surface area contributed by atoms with Crippen LogP contribution in [0.15, 0.2) is 0 Å². The Morgan fingerprint density at radius 2 is 0.524 bits per heavy atom. The molecular weight excluding hydrogens is 781 g/mol. The SMILES string of the molecule is CCCCCCCCCCCCCCCCC(=O)O[C@H](COC(=O)CCCCCCCCCCCCCCCCCCCCC(C)C)COC(=O)CCCCCCCCCC(C)C. The fourth-order valence-corrected chi connectivity index (χ4v) is 8.70. The molecule has 0 amide bonds. The fourth-order valence-electron chi connectivity index (χ4n) is 8.70. The maximum Gasteiger partial charge on any atom is 0.306 e. The van der Waals surface area contributed by atoms with Gasteiger partial charge < -0.3 is 14.2 Å². The van der Waals surface area contributed by atoms with Crippen LogP contribution in [0.3, 0.4) is 0 Å². The van der Waals surface area contributed by atoms with Gasteiger partial charge in [0.25, 0.3) is 0 Å². The summed E-state index contributed by atoms with van der Waals surface area (Å²) in [7, 11) is 0. The lowest BCUT2D eigenvalue weighted by Crippen LogP contribution is -2.30. The van der Waals surface area contributed by atoms with Crippen LogP contribution >= 0.6 is 0 Å². The van der Waals surface area contributed by atoms with Crippen LogP contribution in [0.25, 0.3) is 0 Å². The molecule has 0 heterocycles. The van der Waals surface area contributed by atoms with Crippen molar-refractivity contribution < 1.29 is 28.6 Å². The summed E-state index contributed by atoms with van der Waals surface area (Å²) in [6, 6.07) is 0. The van der Waals surface area contributed by atoms with Gasteiger partial charge in [-0.1, -0.05) is 279 Å². The number of hydrogen-bond acceptors (Lipinski definition) is 6. The number of rotatable bonds is 51. The number of carbonyl (C=O) groups excluding carboxylic acids is 3. The summed E-state index contributed by atoms with van der Waals surface area (Å²) in [6.07, 6.45) is 52.5. The number of hydrogen-bond donors (Lipinski definition) is 0. The summed E-state index contributed by atoms with van der Waals surface area (Å²) < 4.78 is 16.8. The van der Waals surface area contributed by atoms with Crippen molar-refractivity contribution in [3.63, 3.8) is 0 Å². The quantitative estimate of drug-likeness (QED) is 0.0344. The van der Waals surface area contributed by atoms with Crippen molar-refractivity contribution >= 4 is 17.9 Å². The lowest BCUT2D eigenvalue weighted by molar-refractivity contribution is -0.167. The van der Waals surface area contributed by atoms with E-state index in [-0.39, 0.29) is 31.1 Å². The second-order valence-corrected chi connectivity index (χ2v) is 20.5. The highest BCUT2D eigenvalue weighted by atomic mass is 16.6. The smallest absolute Gasteiger partial charge is 0.306 e. The summed E-state index contributed by atoms with van der Waals surface area (Å²) in [5.74, 6) is 0.796. The molecule has 0 spiro atoms. The Kier molecular flexibility index (Phi) is 48.6. The Morgan fingerprint density at radius 1 is 0.302 bits per heavy atom. The van der Waals surface area contributed by atoms with Gasteiger partial charge in [-0.25, -0.2) is 0 Å². The van der Waals surface area contributed by atoms with E-state index in [4.69, 9.17) is 14.2 Å². The van der Waals surface area contributed by atoms with E-state index in [1.54, 1.807) is 0 Å². The normalized spacial score (nSPS) is 12.0. The van der Waals surface area contributed by atoms with Crippen molar-refractivity contribution in [2.45, 2.75) is 323 Å². The van der Waals surface area contributed by atoms with Gasteiger partial charge in [-0.05, 0) is 31.1 Å². The Balaban J connectivity index is 4.20. The first-order chi connectivity index (χ1) is 30.7. The summed E-state index contributed by atoms with van der Waals surface area (Å²) in [6.45, 7) is 11.4. The van der Waals surface area contributed by atoms with Gasteiger partial charge in [0.2, 0.25) is 0 Å². The molecular formula is C57H110O6. The molecule has 6 heteroatoms. The lowest BCUT2D eigenvalue weighted by Gasteiger charge is -2.18. The van der Waals surface area contributed by atoms with Crippen LogP contribution in [0, 0.1) is 11.8 Å². The van der Waals surface area contributed by atoms with Gasteiger partial charge in [0.1, 0.15) is 13.2 Å². The largest absolute Gasteiger partial charge is 0.462 e. The molecule has 0 aromatic carbocycles. The molecule has 63 heavy (non-hydrogen) atoms. The molecule has 0 rings (SSSR count). The van der Waals surface area contributed by atoms with Crippen molar-refractivity contribution in [1.29, 1.82) is 0 Å². The minimum absolute atomic E-state index is 0.0634. The second-order valence-electron chi connectivity index (χ2n) is 20.5. The molecule has 0 aliphatic rings. The van der Waals surface area contributed by atoms with E-state index in [1.807, 2.05) is 0 Å². The van der Waals surface area contributed by atoms with E-state index in [9.17, 15) is 14.4 Å². The summed E-state index contributed by atoms with van der Waals surface area (Å²) in [5, 5.41) is 0. The molecule has 374 valence electrons.